The van der Waals surface area contributed by atoms with Crippen molar-refractivity contribution in [2.24, 2.45) is 0 Å². The van der Waals surface area contributed by atoms with Crippen molar-refractivity contribution in [3.8, 4) is 0 Å². The second kappa shape index (κ2) is 5.27. The van der Waals surface area contributed by atoms with Crippen molar-refractivity contribution < 1.29 is 52.1 Å². The number of hydrogen-bond acceptors (Lipinski definition) is 4. The zero-order valence-corrected chi connectivity index (χ0v) is 12.1. The molecular weight excluding hydrogens is 267 g/mol. The van der Waals surface area contributed by atoms with Crippen molar-refractivity contribution >= 4 is 26.5 Å². The zero-order valence-electron chi connectivity index (χ0n) is 9.32. The summed E-state index contributed by atoms with van der Waals surface area (Å²) in [5, 5.41) is 0. The number of hydrogen-bond donors (Lipinski definition) is 0. The number of carbonyl (C=O) groups excluding carboxylic acids is 1. The molecule has 1 aromatic rings. The molecule has 86 valence electrons. The third-order valence-corrected chi connectivity index (χ3v) is 3.19. The molecule has 8 heteroatoms. The van der Waals surface area contributed by atoms with Crippen molar-refractivity contribution in [3.63, 3.8) is 0 Å². The van der Waals surface area contributed by atoms with Gasteiger partial charge in [0.25, 0.3) is 5.78 Å². The van der Waals surface area contributed by atoms with E-state index in [1.807, 2.05) is 0 Å². The van der Waals surface area contributed by atoms with Crippen LogP contribution in [-0.4, -0.2) is 29.3 Å². The van der Waals surface area contributed by atoms with Gasteiger partial charge in [-0.25, -0.2) is 8.42 Å². The van der Waals surface area contributed by atoms with Crippen LogP contribution in [0.3, 0.4) is 0 Å². The van der Waals surface area contributed by atoms with Gasteiger partial charge in [-0.1, -0.05) is 18.2 Å². The Kier molecular flexibility index (Phi) is 4.39. The van der Waals surface area contributed by atoms with E-state index < -0.39 is 20.8 Å². The van der Waals surface area contributed by atoms with E-state index in [1.54, 1.807) is 0 Å². The predicted octanol–water partition coefficient (Wildman–Crippen LogP) is -2.82. The topological polar surface area (TPSA) is 111 Å². The van der Waals surface area contributed by atoms with E-state index in [1.165, 1.54) is 24.3 Å². The number of allylic oxidation sites excluding steroid dienone is 1. The molecule has 0 atom stereocenters. The molecule has 0 spiro atoms. The van der Waals surface area contributed by atoms with E-state index in [9.17, 15) is 17.8 Å². The van der Waals surface area contributed by atoms with E-state index >= 15 is 0 Å². The van der Waals surface area contributed by atoms with Crippen LogP contribution in [0.15, 0.2) is 30.3 Å². The third-order valence-electron chi connectivity index (χ3n) is 2.31. The van der Waals surface area contributed by atoms with Crippen molar-refractivity contribution in [2.75, 3.05) is 0 Å². The minimum atomic E-state index is -4.75. The Labute approximate surface area is 125 Å². The van der Waals surface area contributed by atoms with Crippen LogP contribution >= 0.6 is 0 Å². The Morgan fingerprint density at radius 3 is 2.22 bits per heavy atom. The van der Waals surface area contributed by atoms with Gasteiger partial charge in [0.05, 0.1) is 10.5 Å². The number of nitrogens with zero attached hydrogens (tertiary/aromatic N) is 2. The minimum Gasteiger partial charge on any atom is -0.744 e. The summed E-state index contributed by atoms with van der Waals surface area (Å²) in [6.07, 6.45) is 0.666. The maximum Gasteiger partial charge on any atom is 1.00 e. The van der Waals surface area contributed by atoms with Crippen LogP contribution in [0.1, 0.15) is 11.1 Å². The van der Waals surface area contributed by atoms with Crippen molar-refractivity contribution in [1.82, 2.24) is 0 Å². The van der Waals surface area contributed by atoms with Crippen LogP contribution in [0.25, 0.3) is 10.4 Å². The van der Waals surface area contributed by atoms with Crippen LogP contribution in [0.4, 0.5) is 0 Å². The molecule has 0 bridgehead atoms. The number of rotatable bonds is 1. The predicted molar refractivity (Wildman–Crippen MR) is 56.9 cm³/mol. The summed E-state index contributed by atoms with van der Waals surface area (Å²) in [5.74, 6) is -0.819. The molecular formula is C10H5N2NaO4S. The second-order valence-corrected chi connectivity index (χ2v) is 4.67. The molecule has 18 heavy (non-hydrogen) atoms. The number of benzene rings is 1. The summed E-state index contributed by atoms with van der Waals surface area (Å²) < 4.78 is 33.0. The number of carbonyl (C=O) groups is 1. The summed E-state index contributed by atoms with van der Waals surface area (Å²) in [7, 11) is -4.75. The van der Waals surface area contributed by atoms with Gasteiger partial charge in [-0.2, -0.15) is 4.79 Å². The molecule has 6 nitrogen and oxygen atoms in total. The first kappa shape index (κ1) is 15.0. The maximum absolute atomic E-state index is 11.5. The van der Waals surface area contributed by atoms with Gasteiger partial charge in [0.1, 0.15) is 10.1 Å². The van der Waals surface area contributed by atoms with Gasteiger partial charge in [0, 0.05) is 11.6 Å². The number of fused-ring (bicyclic) bond motifs is 1. The molecule has 0 aliphatic heterocycles. The van der Waals surface area contributed by atoms with Crippen LogP contribution < -0.4 is 29.6 Å². The first-order valence-electron chi connectivity index (χ1n) is 4.49. The van der Waals surface area contributed by atoms with Gasteiger partial charge < -0.3 is 10.1 Å². The van der Waals surface area contributed by atoms with Crippen molar-refractivity contribution in [2.45, 2.75) is 0 Å². The Morgan fingerprint density at radius 2 is 1.72 bits per heavy atom. The summed E-state index contributed by atoms with van der Waals surface area (Å²) in [5.41, 5.74) is 8.61. The molecule has 1 aliphatic rings. The van der Waals surface area contributed by atoms with E-state index in [0.29, 0.717) is 6.08 Å². The first-order chi connectivity index (χ1) is 7.95. The van der Waals surface area contributed by atoms with Crippen molar-refractivity contribution in [3.05, 3.63) is 47.0 Å². The average Bonchev–Trinajstić information content (AvgIpc) is 2.27. The van der Waals surface area contributed by atoms with Gasteiger partial charge in [0.15, 0.2) is 0 Å². The monoisotopic (exact) mass is 272 g/mol. The molecule has 0 radical (unpaired) electrons. The molecule has 0 unspecified atom stereocenters. The SMILES string of the molecule is [N-]=[N+]=C1C(=O)C=C(S(=O)(=O)[O-])c2ccccc21.[Na+]. The molecule has 0 N–H and O–H groups in total. The van der Waals surface area contributed by atoms with Gasteiger partial charge in [-0.15, -0.1) is 0 Å². The van der Waals surface area contributed by atoms with Gasteiger partial charge in [0.2, 0.25) is 0 Å². The van der Waals surface area contributed by atoms with E-state index in [-0.39, 0.29) is 46.4 Å². The summed E-state index contributed by atoms with van der Waals surface area (Å²) >= 11 is 0. The standard InChI is InChI=1S/C10H6N2O4S.Na/c11-12-10-7-4-2-1-3-6(7)9(5-8(10)13)17(14,15)16;/h1-5H,(H,14,15,16);/q;+1/p-1. The third kappa shape index (κ3) is 2.51. The van der Waals surface area contributed by atoms with Crippen molar-refractivity contribution in [1.29, 1.82) is 0 Å². The largest absolute Gasteiger partial charge is 1.00 e. The minimum absolute atomic E-state index is 0. The fraction of sp³-hybridized carbons (Fsp3) is 0. The molecule has 2 rings (SSSR count). The fourth-order valence-electron chi connectivity index (χ4n) is 1.61. The van der Waals surface area contributed by atoms with E-state index in [0.717, 1.165) is 0 Å². The van der Waals surface area contributed by atoms with Crippen LogP contribution in [0.2, 0.25) is 0 Å². The quantitative estimate of drug-likeness (QED) is 0.237. The summed E-state index contributed by atoms with van der Waals surface area (Å²) in [6.45, 7) is 0. The molecule has 1 aromatic carbocycles. The zero-order chi connectivity index (χ0) is 12.6. The maximum atomic E-state index is 11.5. The van der Waals surface area contributed by atoms with Gasteiger partial charge in [-0.3, -0.25) is 4.79 Å². The first-order valence-corrected chi connectivity index (χ1v) is 5.89. The Bertz CT molecular complexity index is 702. The van der Waals surface area contributed by atoms with Gasteiger partial charge in [-0.05, 0) is 6.07 Å². The van der Waals surface area contributed by atoms with Gasteiger partial charge >= 0.3 is 35.3 Å². The number of ketones is 1. The molecule has 1 aliphatic carbocycles. The molecule has 0 fully saturated rings. The average molecular weight is 272 g/mol. The summed E-state index contributed by atoms with van der Waals surface area (Å²) in [6, 6.07) is 5.83. The molecule has 0 saturated heterocycles. The Morgan fingerprint density at radius 1 is 1.17 bits per heavy atom. The van der Waals surface area contributed by atoms with Crippen LogP contribution in [-0.2, 0) is 14.9 Å². The van der Waals surface area contributed by atoms with Crippen LogP contribution in [0.5, 0.6) is 0 Å². The molecule has 0 aromatic heterocycles. The molecule has 0 heterocycles. The molecule has 0 saturated carbocycles. The molecule has 0 amide bonds. The Hall–Kier alpha value is -1.08. The second-order valence-electron chi connectivity index (χ2n) is 3.32. The van der Waals surface area contributed by atoms with E-state index in [4.69, 9.17) is 5.53 Å². The fourth-order valence-corrected chi connectivity index (χ4v) is 2.31. The van der Waals surface area contributed by atoms with Crippen LogP contribution in [0, 0.1) is 0 Å². The normalized spacial score (nSPS) is 14.2. The Balaban J connectivity index is 0.00000162. The smallest absolute Gasteiger partial charge is 0.744 e. The summed E-state index contributed by atoms with van der Waals surface area (Å²) in [4.78, 5) is 13.7. The van der Waals surface area contributed by atoms with E-state index in [2.05, 4.69) is 4.79 Å².